The second-order valence-corrected chi connectivity index (χ2v) is 6.32. The van der Waals surface area contributed by atoms with E-state index >= 15 is 0 Å². The van der Waals surface area contributed by atoms with Crippen LogP contribution < -0.4 is 19.5 Å². The van der Waals surface area contributed by atoms with E-state index in [0.717, 1.165) is 11.1 Å². The van der Waals surface area contributed by atoms with Crippen LogP contribution in [0.3, 0.4) is 0 Å². The molecule has 0 saturated carbocycles. The third kappa shape index (κ3) is 3.78. The predicted octanol–water partition coefficient (Wildman–Crippen LogP) is 3.43. The van der Waals surface area contributed by atoms with Gasteiger partial charge in [0.15, 0.2) is 11.5 Å². The molecule has 0 fully saturated rings. The second kappa shape index (κ2) is 7.75. The summed E-state index contributed by atoms with van der Waals surface area (Å²) < 4.78 is 17.8. The van der Waals surface area contributed by atoms with Gasteiger partial charge in [-0.25, -0.2) is 4.98 Å². The molecule has 1 aromatic heterocycles. The molecular weight excluding hydrogens is 370 g/mol. The van der Waals surface area contributed by atoms with Crippen molar-refractivity contribution in [2.45, 2.75) is 6.42 Å². The van der Waals surface area contributed by atoms with Gasteiger partial charge in [-0.2, -0.15) is 0 Å². The molecule has 0 unspecified atom stereocenters. The minimum atomic E-state index is -0.214. The Hall–Kier alpha value is -2.93. The van der Waals surface area contributed by atoms with Gasteiger partial charge in [0.05, 0.1) is 38.8 Å². The molecule has 2 aromatic carbocycles. The summed E-state index contributed by atoms with van der Waals surface area (Å²) in [6.45, 7) is 0. The van der Waals surface area contributed by atoms with E-state index in [-0.39, 0.29) is 12.3 Å². The first-order valence-electron chi connectivity index (χ1n) is 8.17. The molecule has 0 saturated heterocycles. The van der Waals surface area contributed by atoms with Gasteiger partial charge in [-0.3, -0.25) is 10.1 Å². The van der Waals surface area contributed by atoms with Crippen LogP contribution in [0.15, 0.2) is 30.3 Å². The van der Waals surface area contributed by atoms with Crippen molar-refractivity contribution in [2.24, 2.45) is 7.05 Å². The molecular formula is C19H20ClN3O4. The normalized spacial score (nSPS) is 10.7. The average molecular weight is 390 g/mol. The van der Waals surface area contributed by atoms with Crippen molar-refractivity contribution in [3.8, 4) is 17.2 Å². The Morgan fingerprint density at radius 3 is 2.37 bits per heavy atom. The first-order valence-corrected chi connectivity index (χ1v) is 8.55. The summed E-state index contributed by atoms with van der Waals surface area (Å²) in [4.78, 5) is 17.0. The Morgan fingerprint density at radius 2 is 1.78 bits per heavy atom. The smallest absolute Gasteiger partial charge is 0.231 e. The molecule has 0 aliphatic rings. The number of halogens is 1. The van der Waals surface area contributed by atoms with Gasteiger partial charge in [-0.1, -0.05) is 11.6 Å². The number of benzene rings is 2. The number of carbonyl (C=O) groups excluding carboxylic acids is 1. The van der Waals surface area contributed by atoms with E-state index in [2.05, 4.69) is 10.3 Å². The zero-order valence-corrected chi connectivity index (χ0v) is 16.3. The number of nitrogens with zero attached hydrogens (tertiary/aromatic N) is 2. The van der Waals surface area contributed by atoms with Gasteiger partial charge in [0.25, 0.3) is 0 Å². The molecule has 8 heteroatoms. The average Bonchev–Trinajstić information content (AvgIpc) is 2.95. The molecule has 0 aliphatic heterocycles. The lowest BCUT2D eigenvalue weighted by Gasteiger charge is -2.14. The van der Waals surface area contributed by atoms with Crippen molar-refractivity contribution in [1.29, 1.82) is 0 Å². The molecule has 3 rings (SSSR count). The predicted molar refractivity (Wildman–Crippen MR) is 104 cm³/mol. The fraction of sp³-hybridized carbons (Fsp3) is 0.263. The number of carbonyl (C=O) groups is 1. The largest absolute Gasteiger partial charge is 0.493 e. The van der Waals surface area contributed by atoms with E-state index in [1.165, 1.54) is 21.3 Å². The first-order chi connectivity index (χ1) is 13.0. The Kier molecular flexibility index (Phi) is 5.41. The van der Waals surface area contributed by atoms with Gasteiger partial charge in [0.1, 0.15) is 0 Å². The second-order valence-electron chi connectivity index (χ2n) is 5.89. The fourth-order valence-electron chi connectivity index (χ4n) is 2.88. The highest BCUT2D eigenvalue weighted by Crippen LogP contribution is 2.38. The molecule has 0 bridgehead atoms. The maximum Gasteiger partial charge on any atom is 0.231 e. The van der Waals surface area contributed by atoms with E-state index in [4.69, 9.17) is 25.8 Å². The van der Waals surface area contributed by atoms with Crippen molar-refractivity contribution in [3.63, 3.8) is 0 Å². The number of ether oxygens (including phenoxy) is 3. The quantitative estimate of drug-likeness (QED) is 0.699. The van der Waals surface area contributed by atoms with E-state index < -0.39 is 0 Å². The number of rotatable bonds is 6. The first kappa shape index (κ1) is 18.8. The number of imidazole rings is 1. The number of hydrogen-bond acceptors (Lipinski definition) is 5. The maximum absolute atomic E-state index is 12.5. The monoisotopic (exact) mass is 389 g/mol. The lowest BCUT2D eigenvalue weighted by molar-refractivity contribution is -0.115. The Morgan fingerprint density at radius 1 is 1.11 bits per heavy atom. The zero-order valence-electron chi connectivity index (χ0n) is 15.5. The van der Waals surface area contributed by atoms with E-state index in [0.29, 0.717) is 33.7 Å². The lowest BCUT2D eigenvalue weighted by Crippen LogP contribution is -2.17. The van der Waals surface area contributed by atoms with Crippen LogP contribution in [0.1, 0.15) is 5.56 Å². The summed E-state index contributed by atoms with van der Waals surface area (Å²) in [7, 11) is 6.43. The SMILES string of the molecule is COc1cc(CC(=O)Nc2nc3cc(Cl)ccc3n2C)cc(OC)c1OC. The van der Waals surface area contributed by atoms with Gasteiger partial charge >= 0.3 is 0 Å². The number of amides is 1. The van der Waals surface area contributed by atoms with Crippen LogP contribution in [0.25, 0.3) is 11.0 Å². The van der Waals surface area contributed by atoms with Crippen LogP contribution >= 0.6 is 11.6 Å². The van der Waals surface area contributed by atoms with Gasteiger partial charge in [0.2, 0.25) is 17.6 Å². The molecule has 7 nitrogen and oxygen atoms in total. The van der Waals surface area contributed by atoms with Crippen molar-refractivity contribution in [3.05, 3.63) is 40.9 Å². The van der Waals surface area contributed by atoms with Crippen molar-refractivity contribution in [2.75, 3.05) is 26.6 Å². The number of aromatic nitrogens is 2. The summed E-state index contributed by atoms with van der Waals surface area (Å²) in [5, 5.41) is 3.42. The molecule has 27 heavy (non-hydrogen) atoms. The topological polar surface area (TPSA) is 74.6 Å². The van der Waals surface area contributed by atoms with E-state index in [1.54, 1.807) is 28.8 Å². The zero-order chi connectivity index (χ0) is 19.6. The summed E-state index contributed by atoms with van der Waals surface area (Å²) >= 11 is 6.00. The van der Waals surface area contributed by atoms with Crippen LogP contribution in [0.5, 0.6) is 17.2 Å². The Balaban J connectivity index is 1.83. The molecule has 142 valence electrons. The van der Waals surface area contributed by atoms with Gasteiger partial charge in [-0.05, 0) is 35.9 Å². The van der Waals surface area contributed by atoms with E-state index in [9.17, 15) is 4.79 Å². The van der Waals surface area contributed by atoms with Crippen molar-refractivity contribution < 1.29 is 19.0 Å². The van der Waals surface area contributed by atoms with Gasteiger partial charge in [-0.15, -0.1) is 0 Å². The van der Waals surface area contributed by atoms with E-state index in [1.807, 2.05) is 13.1 Å². The number of anilines is 1. The molecule has 1 heterocycles. The summed E-state index contributed by atoms with van der Waals surface area (Å²) in [6, 6.07) is 8.89. The molecule has 0 spiro atoms. The summed E-state index contributed by atoms with van der Waals surface area (Å²) in [5.41, 5.74) is 2.32. The van der Waals surface area contributed by atoms with Gasteiger partial charge in [0, 0.05) is 12.1 Å². The third-order valence-corrected chi connectivity index (χ3v) is 4.42. The maximum atomic E-state index is 12.5. The lowest BCUT2D eigenvalue weighted by atomic mass is 10.1. The summed E-state index contributed by atoms with van der Waals surface area (Å²) in [6.07, 6.45) is 0.126. The number of nitrogens with one attached hydrogen (secondary N) is 1. The molecule has 0 atom stereocenters. The van der Waals surface area contributed by atoms with Crippen LogP contribution in [0.2, 0.25) is 5.02 Å². The molecule has 0 radical (unpaired) electrons. The highest BCUT2D eigenvalue weighted by molar-refractivity contribution is 6.31. The number of methoxy groups -OCH3 is 3. The summed E-state index contributed by atoms with van der Waals surface area (Å²) in [5.74, 6) is 1.71. The van der Waals surface area contributed by atoms with Crippen molar-refractivity contribution in [1.82, 2.24) is 9.55 Å². The van der Waals surface area contributed by atoms with Crippen LogP contribution in [0.4, 0.5) is 5.95 Å². The number of hydrogen-bond donors (Lipinski definition) is 1. The van der Waals surface area contributed by atoms with Crippen LogP contribution in [-0.2, 0) is 18.3 Å². The fourth-order valence-corrected chi connectivity index (χ4v) is 3.04. The highest BCUT2D eigenvalue weighted by atomic mass is 35.5. The van der Waals surface area contributed by atoms with Crippen molar-refractivity contribution >= 4 is 34.5 Å². The highest BCUT2D eigenvalue weighted by Gasteiger charge is 2.16. The van der Waals surface area contributed by atoms with Crippen LogP contribution in [-0.4, -0.2) is 36.8 Å². The molecule has 1 N–H and O–H groups in total. The third-order valence-electron chi connectivity index (χ3n) is 4.18. The standard InChI is InChI=1S/C19H20ClN3O4/c1-23-14-6-5-12(20)10-13(14)21-19(23)22-17(24)9-11-7-15(25-2)18(27-4)16(8-11)26-3/h5-8,10H,9H2,1-4H3,(H,21,22,24). The number of aryl methyl sites for hydroxylation is 1. The molecule has 0 aliphatic carbocycles. The Labute approximate surface area is 161 Å². The molecule has 3 aromatic rings. The molecule has 1 amide bonds. The Bertz CT molecular complexity index is 975. The minimum absolute atomic E-state index is 0.126. The van der Waals surface area contributed by atoms with Gasteiger partial charge < -0.3 is 18.8 Å². The minimum Gasteiger partial charge on any atom is -0.493 e. The van der Waals surface area contributed by atoms with Crippen LogP contribution in [0, 0.1) is 0 Å². The number of fused-ring (bicyclic) bond motifs is 1.